The van der Waals surface area contributed by atoms with Crippen molar-refractivity contribution in [2.24, 2.45) is 5.73 Å². The highest BCUT2D eigenvalue weighted by molar-refractivity contribution is 5.86. The van der Waals surface area contributed by atoms with E-state index in [4.69, 9.17) is 10.8 Å². The predicted molar refractivity (Wildman–Crippen MR) is 71.3 cm³/mol. The van der Waals surface area contributed by atoms with E-state index in [1.807, 2.05) is 4.90 Å². The molecule has 0 amide bonds. The first-order valence-electron chi connectivity index (χ1n) is 4.59. The van der Waals surface area contributed by atoms with Gasteiger partial charge in [0.2, 0.25) is 0 Å². The van der Waals surface area contributed by atoms with Crippen molar-refractivity contribution < 1.29 is 9.90 Å². The van der Waals surface area contributed by atoms with Gasteiger partial charge in [0, 0.05) is 39.3 Å². The van der Waals surface area contributed by atoms with E-state index in [-0.39, 0.29) is 43.8 Å². The van der Waals surface area contributed by atoms with Crippen LogP contribution < -0.4 is 5.73 Å². The van der Waals surface area contributed by atoms with Gasteiger partial charge in [-0.25, -0.2) is 0 Å². The molecule has 0 spiro atoms. The summed E-state index contributed by atoms with van der Waals surface area (Å²) in [5.74, 6) is -0.743. The number of piperazine rings is 1. The number of nitrogens with two attached hydrogens (primary N) is 1. The fraction of sp³-hybridized carbons (Fsp3) is 0.875. The smallest absolute Gasteiger partial charge is 0.317 e. The second-order valence-corrected chi connectivity index (χ2v) is 3.30. The molecule has 8 heteroatoms. The largest absolute Gasteiger partial charge is 0.480 e. The van der Waals surface area contributed by atoms with Crippen molar-refractivity contribution in [3.05, 3.63) is 0 Å². The van der Waals surface area contributed by atoms with Crippen LogP contribution in [-0.4, -0.2) is 66.7 Å². The molecular weight excluding hydrogens is 276 g/mol. The zero-order valence-corrected chi connectivity index (χ0v) is 11.5. The van der Waals surface area contributed by atoms with Crippen molar-refractivity contribution in [3.8, 4) is 0 Å². The van der Waals surface area contributed by atoms with Crippen LogP contribution in [0.5, 0.6) is 0 Å². The van der Waals surface area contributed by atoms with Gasteiger partial charge in [0.1, 0.15) is 0 Å². The third kappa shape index (κ3) is 8.38. The van der Waals surface area contributed by atoms with E-state index in [0.717, 1.165) is 32.7 Å². The number of rotatable bonds is 4. The molecule has 1 heterocycles. The molecule has 1 aliphatic rings. The maximum absolute atomic E-state index is 10.4. The Balaban J connectivity index is -0.000000563. The molecular formula is C8H20Cl3N3O2. The second kappa shape index (κ2) is 11.7. The van der Waals surface area contributed by atoms with E-state index < -0.39 is 5.97 Å². The second-order valence-electron chi connectivity index (χ2n) is 3.30. The van der Waals surface area contributed by atoms with Gasteiger partial charge in [0.15, 0.2) is 0 Å². The lowest BCUT2D eigenvalue weighted by Gasteiger charge is -2.33. The number of halogens is 3. The van der Waals surface area contributed by atoms with E-state index in [0.29, 0.717) is 6.54 Å². The topological polar surface area (TPSA) is 69.8 Å². The molecule has 0 aromatic rings. The van der Waals surface area contributed by atoms with Gasteiger partial charge >= 0.3 is 5.97 Å². The quantitative estimate of drug-likeness (QED) is 0.759. The number of carbonyl (C=O) groups is 1. The SMILES string of the molecule is Cl.Cl.Cl.NCCN1CCN(CC(=O)O)CC1. The van der Waals surface area contributed by atoms with Crippen LogP contribution in [0.2, 0.25) is 0 Å². The van der Waals surface area contributed by atoms with Gasteiger partial charge in [-0.15, -0.1) is 37.2 Å². The zero-order valence-electron chi connectivity index (χ0n) is 9.00. The lowest BCUT2D eigenvalue weighted by Crippen LogP contribution is -2.48. The van der Waals surface area contributed by atoms with Gasteiger partial charge in [0.05, 0.1) is 6.54 Å². The van der Waals surface area contributed by atoms with Gasteiger partial charge in [-0.1, -0.05) is 0 Å². The van der Waals surface area contributed by atoms with Gasteiger partial charge in [0.25, 0.3) is 0 Å². The number of carboxylic acid groups (broad SMARTS) is 1. The normalized spacial score (nSPS) is 16.6. The van der Waals surface area contributed by atoms with Gasteiger partial charge in [-0.05, 0) is 0 Å². The molecule has 3 N–H and O–H groups in total. The van der Waals surface area contributed by atoms with Gasteiger partial charge < -0.3 is 10.8 Å². The fourth-order valence-electron chi connectivity index (χ4n) is 1.54. The van der Waals surface area contributed by atoms with Gasteiger partial charge in [-0.2, -0.15) is 0 Å². The Morgan fingerprint density at radius 1 is 1.06 bits per heavy atom. The van der Waals surface area contributed by atoms with Crippen LogP contribution in [-0.2, 0) is 4.79 Å². The lowest BCUT2D eigenvalue weighted by molar-refractivity contribution is -0.138. The molecule has 0 unspecified atom stereocenters. The van der Waals surface area contributed by atoms with Crippen molar-refractivity contribution >= 4 is 43.2 Å². The Morgan fingerprint density at radius 2 is 1.50 bits per heavy atom. The molecule has 0 radical (unpaired) electrons. The van der Waals surface area contributed by atoms with Crippen molar-refractivity contribution in [1.29, 1.82) is 0 Å². The highest BCUT2D eigenvalue weighted by atomic mass is 35.5. The van der Waals surface area contributed by atoms with Crippen LogP contribution in [0.3, 0.4) is 0 Å². The lowest BCUT2D eigenvalue weighted by atomic mass is 10.3. The first-order chi connectivity index (χ1) is 6.22. The maximum atomic E-state index is 10.4. The molecule has 0 saturated carbocycles. The monoisotopic (exact) mass is 295 g/mol. The summed E-state index contributed by atoms with van der Waals surface area (Å²) in [6.07, 6.45) is 0. The van der Waals surface area contributed by atoms with Crippen LogP contribution in [0.4, 0.5) is 0 Å². The Hall–Kier alpha value is 0.220. The molecule has 16 heavy (non-hydrogen) atoms. The van der Waals surface area contributed by atoms with Crippen LogP contribution >= 0.6 is 37.2 Å². The zero-order chi connectivity index (χ0) is 9.68. The van der Waals surface area contributed by atoms with E-state index >= 15 is 0 Å². The minimum Gasteiger partial charge on any atom is -0.480 e. The summed E-state index contributed by atoms with van der Waals surface area (Å²) in [5.41, 5.74) is 5.43. The average molecular weight is 297 g/mol. The number of nitrogens with zero attached hydrogens (tertiary/aromatic N) is 2. The maximum Gasteiger partial charge on any atom is 0.317 e. The minimum atomic E-state index is -0.743. The fourth-order valence-corrected chi connectivity index (χ4v) is 1.54. The van der Waals surface area contributed by atoms with Crippen molar-refractivity contribution in [1.82, 2.24) is 9.80 Å². The summed E-state index contributed by atoms with van der Waals surface area (Å²) in [4.78, 5) is 14.6. The summed E-state index contributed by atoms with van der Waals surface area (Å²) >= 11 is 0. The van der Waals surface area contributed by atoms with E-state index in [1.165, 1.54) is 0 Å². The van der Waals surface area contributed by atoms with Crippen LogP contribution in [0.25, 0.3) is 0 Å². The average Bonchev–Trinajstić information content (AvgIpc) is 2.08. The summed E-state index contributed by atoms with van der Waals surface area (Å²) in [5, 5.41) is 8.56. The molecule has 0 aromatic heterocycles. The van der Waals surface area contributed by atoms with Crippen LogP contribution in [0, 0.1) is 0 Å². The Morgan fingerprint density at radius 3 is 1.88 bits per heavy atom. The Bertz CT molecular complexity index is 178. The molecule has 5 nitrogen and oxygen atoms in total. The first kappa shape index (κ1) is 21.5. The van der Waals surface area contributed by atoms with Crippen LogP contribution in [0.15, 0.2) is 0 Å². The number of hydrogen-bond donors (Lipinski definition) is 2. The molecule has 100 valence electrons. The van der Waals surface area contributed by atoms with E-state index in [2.05, 4.69) is 4.90 Å². The minimum absolute atomic E-state index is 0. The first-order valence-corrected chi connectivity index (χ1v) is 4.59. The summed E-state index contributed by atoms with van der Waals surface area (Å²) < 4.78 is 0. The third-order valence-electron chi connectivity index (χ3n) is 2.27. The third-order valence-corrected chi connectivity index (χ3v) is 2.27. The predicted octanol–water partition coefficient (Wildman–Crippen LogP) is -0.0873. The number of hydrogen-bond acceptors (Lipinski definition) is 4. The van der Waals surface area contributed by atoms with E-state index in [1.54, 1.807) is 0 Å². The molecule has 0 bridgehead atoms. The molecule has 0 aromatic carbocycles. The highest BCUT2D eigenvalue weighted by Crippen LogP contribution is 1.99. The molecule has 1 fully saturated rings. The summed E-state index contributed by atoms with van der Waals surface area (Å²) in [7, 11) is 0. The molecule has 0 aliphatic carbocycles. The Labute approximate surface area is 115 Å². The van der Waals surface area contributed by atoms with Crippen LogP contribution in [0.1, 0.15) is 0 Å². The van der Waals surface area contributed by atoms with Crippen molar-refractivity contribution in [3.63, 3.8) is 0 Å². The molecule has 1 rings (SSSR count). The Kier molecular flexibility index (Phi) is 15.7. The molecule has 1 saturated heterocycles. The molecule has 1 aliphatic heterocycles. The summed E-state index contributed by atoms with van der Waals surface area (Å²) in [6.45, 7) is 5.31. The summed E-state index contributed by atoms with van der Waals surface area (Å²) in [6, 6.07) is 0. The van der Waals surface area contributed by atoms with E-state index in [9.17, 15) is 4.79 Å². The van der Waals surface area contributed by atoms with Crippen molar-refractivity contribution in [2.75, 3.05) is 45.8 Å². The number of aliphatic carboxylic acids is 1. The molecule has 0 atom stereocenters. The van der Waals surface area contributed by atoms with Crippen molar-refractivity contribution in [2.45, 2.75) is 0 Å². The number of carboxylic acids is 1. The standard InChI is InChI=1S/C8H17N3O2.3ClH/c9-1-2-10-3-5-11(6-4-10)7-8(12)13;;;/h1-7,9H2,(H,12,13);3*1H. The van der Waals surface area contributed by atoms with Gasteiger partial charge in [-0.3, -0.25) is 14.6 Å². The highest BCUT2D eigenvalue weighted by Gasteiger charge is 2.17.